The van der Waals surface area contributed by atoms with Crippen molar-refractivity contribution in [2.75, 3.05) is 13.2 Å². The molecule has 4 nitrogen and oxygen atoms in total. The maximum atomic E-state index is 14.3. The van der Waals surface area contributed by atoms with Gasteiger partial charge in [0, 0.05) is 35.3 Å². The van der Waals surface area contributed by atoms with Crippen molar-refractivity contribution in [3.8, 4) is 0 Å². The van der Waals surface area contributed by atoms with Crippen molar-refractivity contribution >= 4 is 21.7 Å². The van der Waals surface area contributed by atoms with E-state index >= 15 is 0 Å². The highest BCUT2D eigenvalue weighted by Crippen LogP contribution is 2.29. The van der Waals surface area contributed by atoms with Crippen LogP contribution in [0.3, 0.4) is 0 Å². The Morgan fingerprint density at radius 1 is 1.38 bits per heavy atom. The predicted molar refractivity (Wildman–Crippen MR) is 101 cm³/mol. The summed E-state index contributed by atoms with van der Waals surface area (Å²) in [4.78, 5) is 25.0. The summed E-state index contributed by atoms with van der Waals surface area (Å²) in [6.45, 7) is 2.24. The number of aromatic nitrogens is 1. The number of benzene rings is 1. The first-order chi connectivity index (χ1) is 12.4. The first-order valence-electron chi connectivity index (χ1n) is 8.60. The Labute approximate surface area is 160 Å². The van der Waals surface area contributed by atoms with Crippen molar-refractivity contribution in [1.29, 1.82) is 0 Å². The van der Waals surface area contributed by atoms with Crippen molar-refractivity contribution in [2.45, 2.75) is 26.2 Å². The molecule has 1 aromatic carbocycles. The SMILES string of the molecule is Cc1c(Cc2ccc(Br)cc2F)c(C(=O)COCC2CC2)cn(C)c1=O. The fourth-order valence-electron chi connectivity index (χ4n) is 2.93. The monoisotopic (exact) mass is 421 g/mol. The van der Waals surface area contributed by atoms with Crippen LogP contribution < -0.4 is 5.56 Å². The maximum absolute atomic E-state index is 14.3. The first-order valence-corrected chi connectivity index (χ1v) is 9.40. The molecule has 1 fully saturated rings. The molecule has 26 heavy (non-hydrogen) atoms. The van der Waals surface area contributed by atoms with Gasteiger partial charge >= 0.3 is 0 Å². The van der Waals surface area contributed by atoms with E-state index in [4.69, 9.17) is 4.74 Å². The van der Waals surface area contributed by atoms with Crippen LogP contribution in [0.5, 0.6) is 0 Å². The van der Waals surface area contributed by atoms with E-state index < -0.39 is 0 Å². The first kappa shape index (κ1) is 19.0. The number of hydrogen-bond acceptors (Lipinski definition) is 3. The Morgan fingerprint density at radius 3 is 2.77 bits per heavy atom. The third-order valence-corrected chi connectivity index (χ3v) is 5.20. The molecule has 0 radical (unpaired) electrons. The highest BCUT2D eigenvalue weighted by atomic mass is 79.9. The average Bonchev–Trinajstić information content (AvgIpc) is 3.41. The van der Waals surface area contributed by atoms with E-state index in [1.54, 1.807) is 26.1 Å². The van der Waals surface area contributed by atoms with Gasteiger partial charge in [-0.05, 0) is 48.9 Å². The minimum Gasteiger partial charge on any atom is -0.373 e. The van der Waals surface area contributed by atoms with Crippen molar-refractivity contribution in [3.05, 3.63) is 67.3 Å². The van der Waals surface area contributed by atoms with Crippen LogP contribution in [0.2, 0.25) is 0 Å². The molecule has 3 rings (SSSR count). The Hall–Kier alpha value is -1.79. The van der Waals surface area contributed by atoms with E-state index in [0.29, 0.717) is 39.3 Å². The summed E-state index contributed by atoms with van der Waals surface area (Å²) in [5.74, 6) is 0.0145. The molecule has 0 atom stereocenters. The molecule has 2 aromatic rings. The summed E-state index contributed by atoms with van der Waals surface area (Å²) >= 11 is 3.24. The quantitative estimate of drug-likeness (QED) is 0.638. The summed E-state index contributed by atoms with van der Waals surface area (Å²) in [5, 5.41) is 0. The van der Waals surface area contributed by atoms with Crippen molar-refractivity contribution in [1.82, 2.24) is 4.57 Å². The lowest BCUT2D eigenvalue weighted by Gasteiger charge is -2.14. The summed E-state index contributed by atoms with van der Waals surface area (Å²) in [6.07, 6.45) is 4.03. The lowest BCUT2D eigenvalue weighted by Crippen LogP contribution is -2.25. The third kappa shape index (κ3) is 4.30. The Balaban J connectivity index is 1.92. The van der Waals surface area contributed by atoms with Gasteiger partial charge in [-0.2, -0.15) is 0 Å². The summed E-state index contributed by atoms with van der Waals surface area (Å²) in [5.41, 5.74) is 1.70. The number of ketones is 1. The minimum atomic E-state index is -0.372. The van der Waals surface area contributed by atoms with E-state index in [9.17, 15) is 14.0 Å². The van der Waals surface area contributed by atoms with Crippen LogP contribution >= 0.6 is 15.9 Å². The van der Waals surface area contributed by atoms with Gasteiger partial charge in [-0.3, -0.25) is 9.59 Å². The zero-order chi connectivity index (χ0) is 18.8. The lowest BCUT2D eigenvalue weighted by atomic mass is 9.95. The predicted octanol–water partition coefficient (Wildman–Crippen LogP) is 3.80. The number of carbonyl (C=O) groups is 1. The van der Waals surface area contributed by atoms with Crippen LogP contribution in [0, 0.1) is 18.7 Å². The number of ether oxygens (including phenoxy) is 1. The molecular formula is C20H21BrFNO3. The van der Waals surface area contributed by atoms with Gasteiger partial charge in [-0.25, -0.2) is 4.39 Å². The number of halogens is 2. The Kier molecular flexibility index (Phi) is 5.73. The number of pyridine rings is 1. The fourth-order valence-corrected chi connectivity index (χ4v) is 3.26. The molecule has 1 aliphatic rings. The van der Waals surface area contributed by atoms with E-state index in [0.717, 1.165) is 12.8 Å². The number of hydrogen-bond donors (Lipinski definition) is 0. The number of rotatable bonds is 7. The molecule has 0 aliphatic heterocycles. The van der Waals surface area contributed by atoms with Gasteiger partial charge in [0.2, 0.25) is 0 Å². The normalized spacial score (nSPS) is 13.8. The number of Topliss-reactive ketones (excluding diaryl/α,β-unsaturated/α-hetero) is 1. The molecule has 0 saturated heterocycles. The molecular weight excluding hydrogens is 401 g/mol. The molecule has 0 bridgehead atoms. The number of aryl methyl sites for hydroxylation is 1. The molecule has 1 aliphatic carbocycles. The van der Waals surface area contributed by atoms with Crippen LogP contribution in [0.15, 0.2) is 33.7 Å². The molecule has 1 aromatic heterocycles. The highest BCUT2D eigenvalue weighted by molar-refractivity contribution is 9.10. The van der Waals surface area contributed by atoms with Gasteiger partial charge in [0.25, 0.3) is 5.56 Å². The van der Waals surface area contributed by atoms with Gasteiger partial charge in [0.15, 0.2) is 5.78 Å². The van der Waals surface area contributed by atoms with E-state index in [2.05, 4.69) is 15.9 Å². The van der Waals surface area contributed by atoms with Crippen molar-refractivity contribution in [3.63, 3.8) is 0 Å². The second kappa shape index (κ2) is 7.84. The zero-order valence-corrected chi connectivity index (χ0v) is 16.4. The van der Waals surface area contributed by atoms with Crippen molar-refractivity contribution in [2.24, 2.45) is 13.0 Å². The third-order valence-electron chi connectivity index (χ3n) is 4.71. The van der Waals surface area contributed by atoms with Crippen molar-refractivity contribution < 1.29 is 13.9 Å². The zero-order valence-electron chi connectivity index (χ0n) is 14.9. The topological polar surface area (TPSA) is 48.3 Å². The molecule has 0 unspecified atom stereocenters. The molecule has 0 amide bonds. The van der Waals surface area contributed by atoms with E-state index in [1.807, 2.05) is 0 Å². The van der Waals surface area contributed by atoms with Gasteiger partial charge < -0.3 is 9.30 Å². The fraction of sp³-hybridized carbons (Fsp3) is 0.400. The molecule has 6 heteroatoms. The molecule has 1 saturated carbocycles. The summed E-state index contributed by atoms with van der Waals surface area (Å²) in [6, 6.07) is 4.79. The molecule has 1 heterocycles. The smallest absolute Gasteiger partial charge is 0.253 e. The van der Waals surface area contributed by atoms with Crippen LogP contribution in [0.25, 0.3) is 0 Å². The maximum Gasteiger partial charge on any atom is 0.253 e. The van der Waals surface area contributed by atoms with Gasteiger partial charge in [-0.1, -0.05) is 22.0 Å². The average molecular weight is 422 g/mol. The van der Waals surface area contributed by atoms with Gasteiger partial charge in [-0.15, -0.1) is 0 Å². The van der Waals surface area contributed by atoms with Gasteiger partial charge in [0.05, 0.1) is 6.61 Å². The van der Waals surface area contributed by atoms with E-state index in [-0.39, 0.29) is 30.2 Å². The second-order valence-corrected chi connectivity index (χ2v) is 7.77. The molecule has 138 valence electrons. The molecule has 0 spiro atoms. The Bertz CT molecular complexity index is 903. The number of nitrogens with zero attached hydrogens (tertiary/aromatic N) is 1. The Morgan fingerprint density at radius 2 is 2.12 bits per heavy atom. The standard InChI is InChI=1S/C20H21BrFNO3/c1-12-16(7-14-5-6-15(21)8-18(14)22)17(9-23(2)20(12)25)19(24)11-26-10-13-3-4-13/h5-6,8-9,13H,3-4,7,10-11H2,1-2H3. The minimum absolute atomic E-state index is 0.0238. The largest absolute Gasteiger partial charge is 0.373 e. The van der Waals surface area contributed by atoms with Gasteiger partial charge in [0.1, 0.15) is 12.4 Å². The lowest BCUT2D eigenvalue weighted by molar-refractivity contribution is 0.0738. The van der Waals surface area contributed by atoms with Crippen LogP contribution in [-0.4, -0.2) is 23.6 Å². The van der Waals surface area contributed by atoms with Crippen LogP contribution in [0.1, 0.15) is 39.9 Å². The summed E-state index contributed by atoms with van der Waals surface area (Å²) in [7, 11) is 1.61. The molecule has 0 N–H and O–H groups in total. The van der Waals surface area contributed by atoms with E-state index in [1.165, 1.54) is 16.8 Å². The highest BCUT2D eigenvalue weighted by Gasteiger charge is 2.23. The summed E-state index contributed by atoms with van der Waals surface area (Å²) < 4.78 is 21.8. The number of carbonyl (C=O) groups excluding carboxylic acids is 1. The second-order valence-electron chi connectivity index (χ2n) is 6.86. The van der Waals surface area contributed by atoms with Crippen LogP contribution in [0.4, 0.5) is 4.39 Å². The van der Waals surface area contributed by atoms with Crippen LogP contribution in [-0.2, 0) is 18.2 Å².